The van der Waals surface area contributed by atoms with Crippen LogP contribution < -0.4 is 15.5 Å². The number of anilines is 2. The summed E-state index contributed by atoms with van der Waals surface area (Å²) in [7, 11) is 0. The highest BCUT2D eigenvalue weighted by molar-refractivity contribution is 7.79. The first-order valence-corrected chi connectivity index (χ1v) is 17.0. The number of benzene rings is 2. The van der Waals surface area contributed by atoms with Gasteiger partial charge in [0.05, 0.1) is 28.0 Å². The zero-order valence-electron chi connectivity index (χ0n) is 26.3. The molecule has 256 valence electrons. The number of H-pyrrole nitrogens is 1. The van der Waals surface area contributed by atoms with Crippen LogP contribution in [-0.4, -0.2) is 60.4 Å². The number of alkyl carbamates (subject to hydrolysis) is 1. The predicted octanol–water partition coefficient (Wildman–Crippen LogP) is 7.47. The van der Waals surface area contributed by atoms with Crippen LogP contribution >= 0.6 is 11.3 Å². The summed E-state index contributed by atoms with van der Waals surface area (Å²) < 4.78 is 52.7. The fourth-order valence-corrected chi connectivity index (χ4v) is 6.35. The van der Waals surface area contributed by atoms with Gasteiger partial charge in [0.2, 0.25) is 0 Å². The summed E-state index contributed by atoms with van der Waals surface area (Å²) >= 11 is -0.848. The summed E-state index contributed by atoms with van der Waals surface area (Å²) in [5, 5.41) is 8.16. The molecule has 11 nitrogen and oxygen atoms in total. The molecule has 3 aromatic heterocycles. The minimum absolute atomic E-state index is 0. The van der Waals surface area contributed by atoms with Gasteiger partial charge in [-0.05, 0) is 63.9 Å². The minimum Gasteiger partial charge on any atom is -0.444 e. The van der Waals surface area contributed by atoms with Crippen LogP contribution in [0.5, 0.6) is 0 Å². The Bertz CT molecular complexity index is 1920. The molecule has 5 aromatic rings. The highest BCUT2D eigenvalue weighted by Gasteiger charge is 2.28. The molecule has 0 aliphatic carbocycles. The van der Waals surface area contributed by atoms with E-state index in [1.807, 2.05) is 26.8 Å². The number of halogens is 2. The molecule has 15 heteroatoms. The summed E-state index contributed by atoms with van der Waals surface area (Å²) in [5.41, 5.74) is 1.01. The molecule has 0 spiro atoms. The molecular weight excluding hydrogens is 663 g/mol. The number of amides is 2. The lowest BCUT2D eigenvalue weighted by Crippen LogP contribution is -2.49. The lowest BCUT2D eigenvalue weighted by atomic mass is 10.0. The van der Waals surface area contributed by atoms with Crippen molar-refractivity contribution in [2.45, 2.75) is 50.2 Å². The number of carbonyl (C=O) groups excluding carboxylic acids is 2. The Morgan fingerprint density at radius 2 is 1.85 bits per heavy atom. The molecule has 2 amide bonds. The summed E-state index contributed by atoms with van der Waals surface area (Å²) in [4.78, 5) is 39.8. The SMILES string of the molecule is CC(C)(C)OC(=O)N[C@H]1CCCN(c2c(NC(=O)c3csc(-c4c(F)cccc4F)n3)cnc3[nH]ccc23)C1.O=S(O)c1ccccc1.[HH].[HH]. The van der Waals surface area contributed by atoms with Gasteiger partial charge in [-0.15, -0.1) is 11.3 Å². The van der Waals surface area contributed by atoms with E-state index < -0.39 is 40.3 Å². The van der Waals surface area contributed by atoms with E-state index in [0.717, 1.165) is 47.4 Å². The molecule has 6 rings (SSSR count). The normalized spacial score (nSPS) is 15.3. The van der Waals surface area contributed by atoms with Crippen LogP contribution in [0.4, 0.5) is 25.0 Å². The first-order chi connectivity index (χ1) is 22.9. The Kier molecular flexibility index (Phi) is 10.8. The van der Waals surface area contributed by atoms with Gasteiger partial charge in [0.25, 0.3) is 5.91 Å². The molecule has 1 fully saturated rings. The van der Waals surface area contributed by atoms with E-state index >= 15 is 0 Å². The van der Waals surface area contributed by atoms with Gasteiger partial charge in [-0.25, -0.2) is 27.8 Å². The average Bonchev–Trinajstić information content (AvgIpc) is 3.71. The van der Waals surface area contributed by atoms with Crippen LogP contribution in [0.15, 0.2) is 77.3 Å². The Hall–Kier alpha value is -4.73. The molecule has 48 heavy (non-hydrogen) atoms. The van der Waals surface area contributed by atoms with Crippen molar-refractivity contribution in [2.75, 3.05) is 23.3 Å². The number of carbonyl (C=O) groups is 2. The van der Waals surface area contributed by atoms with Crippen LogP contribution in [0.3, 0.4) is 0 Å². The summed E-state index contributed by atoms with van der Waals surface area (Å²) in [5.74, 6) is -2.03. The molecule has 4 N–H and O–H groups in total. The van der Waals surface area contributed by atoms with Gasteiger partial charge in [0.1, 0.15) is 33.6 Å². The molecule has 1 saturated heterocycles. The standard InChI is InChI=1S/C27H28F2N6O3S.C6H6O2S.2H2/c1-27(2,3)38-26(37)32-15-6-5-11-35(13-15)22-16-9-10-30-23(16)31-12-19(22)33-24(36)20-14-39-25(34-20)21-17(28)7-4-8-18(21)29;7-9(8)6-4-2-1-3-5-6;;/h4,7-10,12,14-15H,5-6,11,13H2,1-3H3,(H,30,31)(H,32,37)(H,33,36);1-5H,(H,7,8);2*1H/t15-;;;/m0.../s1. The van der Waals surface area contributed by atoms with Crippen LogP contribution in [-0.2, 0) is 15.8 Å². The monoisotopic (exact) mass is 700 g/mol. The maximum absolute atomic E-state index is 14.2. The summed E-state index contributed by atoms with van der Waals surface area (Å²) in [6, 6.07) is 13.8. The quantitative estimate of drug-likeness (QED) is 0.133. The first kappa shape index (κ1) is 34.6. The Balaban J connectivity index is 0.000000537. The fraction of sp³-hybridized carbons (Fsp3) is 0.273. The molecule has 4 heterocycles. The third kappa shape index (κ3) is 8.59. The van der Waals surface area contributed by atoms with E-state index in [1.165, 1.54) is 11.4 Å². The Morgan fingerprint density at radius 3 is 2.52 bits per heavy atom. The van der Waals surface area contributed by atoms with Crippen LogP contribution in [0.2, 0.25) is 0 Å². The van der Waals surface area contributed by atoms with Gasteiger partial charge in [-0.2, -0.15) is 0 Å². The zero-order valence-corrected chi connectivity index (χ0v) is 28.0. The van der Waals surface area contributed by atoms with Crippen LogP contribution in [0.1, 0.15) is 47.0 Å². The third-order valence-electron chi connectivity index (χ3n) is 7.12. The number of nitrogens with zero attached hydrogens (tertiary/aromatic N) is 3. The molecule has 1 aliphatic rings. The van der Waals surface area contributed by atoms with Crippen molar-refractivity contribution >= 4 is 56.8 Å². The van der Waals surface area contributed by atoms with E-state index in [2.05, 4.69) is 30.5 Å². The van der Waals surface area contributed by atoms with Crippen molar-refractivity contribution in [1.29, 1.82) is 0 Å². The van der Waals surface area contributed by atoms with E-state index in [4.69, 9.17) is 9.29 Å². The van der Waals surface area contributed by atoms with Crippen molar-refractivity contribution in [3.63, 3.8) is 0 Å². The molecule has 1 aliphatic heterocycles. The molecule has 0 radical (unpaired) electrons. The molecule has 0 saturated carbocycles. The predicted molar refractivity (Wildman–Crippen MR) is 186 cm³/mol. The smallest absolute Gasteiger partial charge is 0.407 e. The summed E-state index contributed by atoms with van der Waals surface area (Å²) in [6.07, 6.45) is 4.44. The highest BCUT2D eigenvalue weighted by atomic mass is 32.2. The number of nitrogens with one attached hydrogen (secondary N) is 3. The molecule has 1 unspecified atom stereocenters. The number of pyridine rings is 1. The molecule has 2 atom stereocenters. The van der Waals surface area contributed by atoms with Gasteiger partial charge in [0.15, 0.2) is 11.1 Å². The van der Waals surface area contributed by atoms with Gasteiger partial charge in [-0.1, -0.05) is 24.3 Å². The Labute approximate surface area is 285 Å². The Morgan fingerprint density at radius 1 is 1.12 bits per heavy atom. The molecule has 0 bridgehead atoms. The second-order valence-corrected chi connectivity index (χ2v) is 13.7. The lowest BCUT2D eigenvalue weighted by molar-refractivity contribution is 0.0500. The van der Waals surface area contributed by atoms with Crippen molar-refractivity contribution in [1.82, 2.24) is 20.3 Å². The first-order valence-electron chi connectivity index (χ1n) is 15.0. The van der Waals surface area contributed by atoms with Crippen molar-refractivity contribution in [3.05, 3.63) is 89.7 Å². The average molecular weight is 701 g/mol. The number of piperidine rings is 1. The number of thiazole rings is 1. The van der Waals surface area contributed by atoms with Gasteiger partial charge < -0.3 is 29.8 Å². The van der Waals surface area contributed by atoms with Crippen molar-refractivity contribution in [2.24, 2.45) is 0 Å². The van der Waals surface area contributed by atoms with E-state index in [0.29, 0.717) is 29.3 Å². The molecular formula is C33H38F2N6O5S2. The maximum atomic E-state index is 14.2. The topological polar surface area (TPSA) is 150 Å². The maximum Gasteiger partial charge on any atom is 0.407 e. The van der Waals surface area contributed by atoms with Gasteiger partial charge in [0, 0.05) is 38.9 Å². The third-order valence-corrected chi connectivity index (χ3v) is 8.66. The number of aromatic nitrogens is 3. The van der Waals surface area contributed by atoms with E-state index in [-0.39, 0.29) is 25.2 Å². The second kappa shape index (κ2) is 15.0. The van der Waals surface area contributed by atoms with Gasteiger partial charge in [-0.3, -0.25) is 4.79 Å². The zero-order chi connectivity index (χ0) is 34.4. The number of hydrogen-bond donors (Lipinski definition) is 4. The lowest BCUT2D eigenvalue weighted by Gasteiger charge is -2.36. The summed E-state index contributed by atoms with van der Waals surface area (Å²) in [6.45, 7) is 6.64. The number of aromatic amines is 1. The van der Waals surface area contributed by atoms with E-state index in [9.17, 15) is 22.6 Å². The van der Waals surface area contributed by atoms with Crippen molar-refractivity contribution < 1.29 is 34.7 Å². The number of fused-ring (bicyclic) bond motifs is 1. The minimum atomic E-state index is -1.83. The van der Waals surface area contributed by atoms with Crippen LogP contribution in [0.25, 0.3) is 21.6 Å². The second-order valence-electron chi connectivity index (χ2n) is 11.8. The molecule has 2 aromatic carbocycles. The van der Waals surface area contributed by atoms with Crippen LogP contribution in [0, 0.1) is 11.6 Å². The number of hydrogen-bond acceptors (Lipinski definition) is 8. The highest BCUT2D eigenvalue weighted by Crippen LogP contribution is 2.36. The largest absolute Gasteiger partial charge is 0.444 e. The van der Waals surface area contributed by atoms with E-state index in [1.54, 1.807) is 42.7 Å². The van der Waals surface area contributed by atoms with Gasteiger partial charge >= 0.3 is 6.09 Å². The number of rotatable bonds is 6. The number of ether oxygens (including phenoxy) is 1. The van der Waals surface area contributed by atoms with Crippen molar-refractivity contribution in [3.8, 4) is 10.6 Å². The fourth-order valence-electron chi connectivity index (χ4n) is 5.12.